The van der Waals surface area contributed by atoms with Gasteiger partial charge in [-0.15, -0.1) is 0 Å². The summed E-state index contributed by atoms with van der Waals surface area (Å²) < 4.78 is 0. The fourth-order valence-electron chi connectivity index (χ4n) is 1.46. The van der Waals surface area contributed by atoms with Crippen LogP contribution in [0, 0.1) is 0 Å². The molecule has 5 heteroatoms. The first-order chi connectivity index (χ1) is 7.95. The summed E-state index contributed by atoms with van der Waals surface area (Å²) in [7, 11) is 0. The molecule has 0 bridgehead atoms. The van der Waals surface area contributed by atoms with Crippen LogP contribution in [0.2, 0.25) is 0 Å². The smallest absolute Gasteiger partial charge is 0.326 e. The molecule has 0 aromatic heterocycles. The zero-order valence-electron chi connectivity index (χ0n) is 9.83. The Labute approximate surface area is 99.8 Å². The number of para-hydroxylation sites is 1. The Kier molecular flexibility index (Phi) is 4.23. The highest BCUT2D eigenvalue weighted by Crippen LogP contribution is 2.17. The predicted octanol–water partition coefficient (Wildman–Crippen LogP) is 0.840. The van der Waals surface area contributed by atoms with Crippen molar-refractivity contribution in [1.29, 1.82) is 0 Å². The van der Waals surface area contributed by atoms with Crippen LogP contribution in [0.25, 0.3) is 0 Å². The molecule has 0 spiro atoms. The van der Waals surface area contributed by atoms with Gasteiger partial charge in [0.05, 0.1) is 6.04 Å². The average Bonchev–Trinajstić information content (AvgIpc) is 2.30. The molecule has 0 fully saturated rings. The molecule has 3 N–H and O–H groups in total. The van der Waals surface area contributed by atoms with Crippen molar-refractivity contribution >= 4 is 17.6 Å². The molecular weight excluding hydrogens is 220 g/mol. The zero-order chi connectivity index (χ0) is 13.0. The number of anilines is 1. The van der Waals surface area contributed by atoms with E-state index in [1.807, 2.05) is 0 Å². The Hall–Kier alpha value is -1.88. The molecule has 5 nitrogen and oxygen atoms in total. The van der Waals surface area contributed by atoms with Gasteiger partial charge in [0.2, 0.25) is 5.91 Å². The van der Waals surface area contributed by atoms with Gasteiger partial charge in [0, 0.05) is 5.69 Å². The largest absolute Gasteiger partial charge is 0.480 e. The summed E-state index contributed by atoms with van der Waals surface area (Å²) in [6.07, 6.45) is 0. The number of rotatable bonds is 4. The van der Waals surface area contributed by atoms with E-state index in [1.165, 1.54) is 18.7 Å². The molecule has 17 heavy (non-hydrogen) atoms. The second-order valence-electron chi connectivity index (χ2n) is 3.85. The quantitative estimate of drug-likeness (QED) is 0.811. The lowest BCUT2D eigenvalue weighted by atomic mass is 10.2. The van der Waals surface area contributed by atoms with Crippen LogP contribution in [0.15, 0.2) is 30.3 Å². The van der Waals surface area contributed by atoms with E-state index in [2.05, 4.69) is 0 Å². The molecule has 0 aliphatic carbocycles. The summed E-state index contributed by atoms with van der Waals surface area (Å²) in [6.45, 7) is 2.99. The predicted molar refractivity (Wildman–Crippen MR) is 64.7 cm³/mol. The number of hydrogen-bond donors (Lipinski definition) is 2. The van der Waals surface area contributed by atoms with Crippen LogP contribution in [-0.4, -0.2) is 29.1 Å². The van der Waals surface area contributed by atoms with Crippen LogP contribution in [0.5, 0.6) is 0 Å². The maximum atomic E-state index is 11.9. The number of carbonyl (C=O) groups is 2. The Bertz CT molecular complexity index is 403. The van der Waals surface area contributed by atoms with E-state index in [-0.39, 0.29) is 0 Å². The molecule has 1 rings (SSSR count). The number of nitrogens with two attached hydrogens (primary N) is 1. The molecule has 0 unspecified atom stereocenters. The van der Waals surface area contributed by atoms with E-state index < -0.39 is 24.0 Å². The van der Waals surface area contributed by atoms with Gasteiger partial charge < -0.3 is 10.8 Å². The van der Waals surface area contributed by atoms with Gasteiger partial charge in [-0.25, -0.2) is 4.79 Å². The number of carbonyl (C=O) groups excluding carboxylic acids is 1. The summed E-state index contributed by atoms with van der Waals surface area (Å²) >= 11 is 0. The van der Waals surface area contributed by atoms with Crippen molar-refractivity contribution in [2.45, 2.75) is 25.9 Å². The minimum Gasteiger partial charge on any atom is -0.480 e. The van der Waals surface area contributed by atoms with E-state index in [0.29, 0.717) is 5.69 Å². The molecular formula is C12H16N2O3. The molecule has 0 saturated heterocycles. The van der Waals surface area contributed by atoms with Gasteiger partial charge in [-0.1, -0.05) is 18.2 Å². The summed E-state index contributed by atoms with van der Waals surface area (Å²) in [5.41, 5.74) is 6.06. The summed E-state index contributed by atoms with van der Waals surface area (Å²) in [4.78, 5) is 24.1. The first-order valence-electron chi connectivity index (χ1n) is 5.31. The normalized spacial score (nSPS) is 13.8. The third kappa shape index (κ3) is 3.04. The van der Waals surface area contributed by atoms with Crippen molar-refractivity contribution in [3.05, 3.63) is 30.3 Å². The SMILES string of the molecule is C[C@H](N)C(=O)N(c1ccccc1)[C@@H](C)C(=O)O. The Morgan fingerprint density at radius 3 is 2.18 bits per heavy atom. The van der Waals surface area contributed by atoms with Crippen molar-refractivity contribution in [1.82, 2.24) is 0 Å². The zero-order valence-corrected chi connectivity index (χ0v) is 9.83. The Morgan fingerprint density at radius 1 is 1.24 bits per heavy atom. The molecule has 0 aliphatic rings. The van der Waals surface area contributed by atoms with Gasteiger partial charge in [0.15, 0.2) is 0 Å². The van der Waals surface area contributed by atoms with Crippen molar-refractivity contribution in [2.75, 3.05) is 4.90 Å². The minimum atomic E-state index is -1.07. The minimum absolute atomic E-state index is 0.411. The Morgan fingerprint density at radius 2 is 1.76 bits per heavy atom. The van der Waals surface area contributed by atoms with E-state index in [4.69, 9.17) is 10.8 Å². The highest BCUT2D eigenvalue weighted by atomic mass is 16.4. The molecule has 0 heterocycles. The molecule has 1 aromatic rings. The third-order valence-electron chi connectivity index (χ3n) is 2.41. The van der Waals surface area contributed by atoms with Crippen LogP contribution in [0.3, 0.4) is 0 Å². The van der Waals surface area contributed by atoms with Crippen LogP contribution in [0.1, 0.15) is 13.8 Å². The fraction of sp³-hybridized carbons (Fsp3) is 0.333. The van der Waals surface area contributed by atoms with Gasteiger partial charge >= 0.3 is 5.97 Å². The number of amides is 1. The van der Waals surface area contributed by atoms with Crippen LogP contribution >= 0.6 is 0 Å². The van der Waals surface area contributed by atoms with Crippen molar-refractivity contribution in [3.8, 4) is 0 Å². The van der Waals surface area contributed by atoms with Crippen LogP contribution < -0.4 is 10.6 Å². The number of carboxylic acid groups (broad SMARTS) is 1. The topological polar surface area (TPSA) is 83.6 Å². The van der Waals surface area contributed by atoms with Gasteiger partial charge in [0.1, 0.15) is 6.04 Å². The molecule has 0 radical (unpaired) electrons. The second-order valence-corrected chi connectivity index (χ2v) is 3.85. The number of nitrogens with zero attached hydrogens (tertiary/aromatic N) is 1. The summed E-state index contributed by atoms with van der Waals surface area (Å²) in [5.74, 6) is -1.48. The fourth-order valence-corrected chi connectivity index (χ4v) is 1.46. The van der Waals surface area contributed by atoms with Crippen molar-refractivity contribution in [2.24, 2.45) is 5.73 Å². The molecule has 92 valence electrons. The lowest BCUT2D eigenvalue weighted by molar-refractivity contribution is -0.139. The van der Waals surface area contributed by atoms with E-state index >= 15 is 0 Å². The van der Waals surface area contributed by atoms with Gasteiger partial charge in [0.25, 0.3) is 0 Å². The van der Waals surface area contributed by atoms with E-state index in [9.17, 15) is 9.59 Å². The average molecular weight is 236 g/mol. The standard InChI is InChI=1S/C12H16N2O3/c1-8(13)11(15)14(9(2)12(16)17)10-6-4-3-5-7-10/h3-9H,13H2,1-2H3,(H,16,17)/t8-,9-/m0/s1. The van der Waals surface area contributed by atoms with Crippen molar-refractivity contribution < 1.29 is 14.7 Å². The monoisotopic (exact) mass is 236 g/mol. The lowest BCUT2D eigenvalue weighted by Gasteiger charge is -2.28. The van der Waals surface area contributed by atoms with Crippen LogP contribution in [0.4, 0.5) is 5.69 Å². The Balaban J connectivity index is 3.12. The second kappa shape index (κ2) is 5.45. The summed E-state index contributed by atoms with van der Waals surface area (Å²) in [6, 6.07) is 6.95. The first kappa shape index (κ1) is 13.2. The summed E-state index contributed by atoms with van der Waals surface area (Å²) in [5, 5.41) is 9.01. The van der Waals surface area contributed by atoms with Crippen LogP contribution in [-0.2, 0) is 9.59 Å². The van der Waals surface area contributed by atoms with Gasteiger partial charge in [-0.2, -0.15) is 0 Å². The first-order valence-corrected chi connectivity index (χ1v) is 5.31. The molecule has 0 saturated carbocycles. The lowest BCUT2D eigenvalue weighted by Crippen LogP contribution is -2.49. The highest BCUT2D eigenvalue weighted by Gasteiger charge is 2.28. The van der Waals surface area contributed by atoms with E-state index in [1.54, 1.807) is 30.3 Å². The molecule has 1 aromatic carbocycles. The van der Waals surface area contributed by atoms with Gasteiger partial charge in [-0.3, -0.25) is 9.69 Å². The van der Waals surface area contributed by atoms with Gasteiger partial charge in [-0.05, 0) is 26.0 Å². The maximum Gasteiger partial charge on any atom is 0.326 e. The molecule has 2 atom stereocenters. The highest BCUT2D eigenvalue weighted by molar-refractivity contribution is 6.01. The van der Waals surface area contributed by atoms with E-state index in [0.717, 1.165) is 0 Å². The number of carboxylic acids is 1. The molecule has 0 aliphatic heterocycles. The number of benzene rings is 1. The third-order valence-corrected chi connectivity index (χ3v) is 2.41. The molecule has 1 amide bonds. The number of hydrogen-bond acceptors (Lipinski definition) is 3. The number of aliphatic carboxylic acids is 1. The van der Waals surface area contributed by atoms with Crippen molar-refractivity contribution in [3.63, 3.8) is 0 Å². The maximum absolute atomic E-state index is 11.9.